The number of carbonyl (C=O) groups is 1. The highest BCUT2D eigenvalue weighted by Gasteiger charge is 2.17. The van der Waals surface area contributed by atoms with Gasteiger partial charge < -0.3 is 15.1 Å². The van der Waals surface area contributed by atoms with Crippen molar-refractivity contribution in [3.05, 3.63) is 24.0 Å². The number of carbonyl (C=O) groups excluding carboxylic acids is 1. The maximum Gasteiger partial charge on any atom is 0.255 e. The van der Waals surface area contributed by atoms with Crippen LogP contribution in [-0.4, -0.2) is 61.0 Å². The molecule has 2 heterocycles. The fourth-order valence-corrected chi connectivity index (χ4v) is 2.53. The number of hydrogen-bond donors (Lipinski definition) is 1. The molecule has 1 aromatic rings. The maximum absolute atomic E-state index is 12.5. The van der Waals surface area contributed by atoms with E-state index in [1.165, 1.54) is 12.8 Å². The summed E-state index contributed by atoms with van der Waals surface area (Å²) in [4.78, 5) is 20.8. The Hall–Kier alpha value is -1.62. The minimum absolute atomic E-state index is 0.112. The summed E-state index contributed by atoms with van der Waals surface area (Å²) in [6.45, 7) is 3.54. The van der Waals surface area contributed by atoms with Crippen molar-refractivity contribution in [1.82, 2.24) is 14.8 Å². The molecule has 1 aliphatic heterocycles. The second-order valence-corrected chi connectivity index (χ2v) is 5.90. The van der Waals surface area contributed by atoms with Gasteiger partial charge in [0.2, 0.25) is 0 Å². The van der Waals surface area contributed by atoms with E-state index in [-0.39, 0.29) is 5.91 Å². The lowest BCUT2D eigenvalue weighted by atomic mass is 10.2. The Labute approximate surface area is 127 Å². The first-order valence-corrected chi connectivity index (χ1v) is 7.80. The number of nitrogens with zero attached hydrogens (tertiary/aromatic N) is 3. The Kier molecular flexibility index (Phi) is 5.99. The molecule has 1 N–H and O–H groups in total. The van der Waals surface area contributed by atoms with Crippen LogP contribution in [-0.2, 0) is 0 Å². The van der Waals surface area contributed by atoms with Crippen LogP contribution < -0.4 is 5.32 Å². The maximum atomic E-state index is 12.5. The molecule has 1 aliphatic rings. The van der Waals surface area contributed by atoms with Crippen LogP contribution in [0.3, 0.4) is 0 Å². The molecule has 2 rings (SSSR count). The molecule has 0 bridgehead atoms. The fourth-order valence-electron chi connectivity index (χ4n) is 2.53. The molecule has 5 heteroatoms. The smallest absolute Gasteiger partial charge is 0.255 e. The van der Waals surface area contributed by atoms with Crippen molar-refractivity contribution in [2.24, 2.45) is 0 Å². The molecule has 0 aliphatic carbocycles. The zero-order valence-corrected chi connectivity index (χ0v) is 13.1. The predicted octanol–water partition coefficient (Wildman–Crippen LogP) is 2.07. The molecule has 0 saturated carbocycles. The van der Waals surface area contributed by atoms with Crippen molar-refractivity contribution in [3.63, 3.8) is 0 Å². The SMILES string of the molecule is CN(C)CCNc1cncc(C(=O)N2CCCCCC2)c1. The molecule has 0 atom stereocenters. The molecule has 5 nitrogen and oxygen atoms in total. The summed E-state index contributed by atoms with van der Waals surface area (Å²) in [6, 6.07) is 1.91. The molecule has 21 heavy (non-hydrogen) atoms. The number of likely N-dealkylation sites (tertiary alicyclic amines) is 1. The summed E-state index contributed by atoms with van der Waals surface area (Å²) in [5.74, 6) is 0.112. The van der Waals surface area contributed by atoms with Gasteiger partial charge in [0.1, 0.15) is 0 Å². The van der Waals surface area contributed by atoms with Crippen molar-refractivity contribution in [3.8, 4) is 0 Å². The minimum Gasteiger partial charge on any atom is -0.382 e. The third kappa shape index (κ3) is 5.01. The second kappa shape index (κ2) is 7.98. The van der Waals surface area contributed by atoms with E-state index in [0.29, 0.717) is 5.56 Å². The van der Waals surface area contributed by atoms with E-state index in [4.69, 9.17) is 0 Å². The monoisotopic (exact) mass is 290 g/mol. The largest absolute Gasteiger partial charge is 0.382 e. The molecular formula is C16H26N4O. The first-order chi connectivity index (χ1) is 10.2. The van der Waals surface area contributed by atoms with E-state index < -0.39 is 0 Å². The van der Waals surface area contributed by atoms with Gasteiger partial charge in [0.15, 0.2) is 0 Å². The highest BCUT2D eigenvalue weighted by molar-refractivity contribution is 5.94. The lowest BCUT2D eigenvalue weighted by Gasteiger charge is -2.20. The Bertz CT molecular complexity index is 453. The number of hydrogen-bond acceptors (Lipinski definition) is 4. The zero-order chi connectivity index (χ0) is 15.1. The summed E-state index contributed by atoms with van der Waals surface area (Å²) >= 11 is 0. The number of anilines is 1. The van der Waals surface area contributed by atoms with E-state index in [0.717, 1.165) is 44.7 Å². The summed E-state index contributed by atoms with van der Waals surface area (Å²) < 4.78 is 0. The molecule has 0 unspecified atom stereocenters. The third-order valence-corrected chi connectivity index (χ3v) is 3.77. The normalized spacial score (nSPS) is 15.9. The van der Waals surface area contributed by atoms with Gasteiger partial charge in [0, 0.05) is 38.6 Å². The van der Waals surface area contributed by atoms with Gasteiger partial charge >= 0.3 is 0 Å². The van der Waals surface area contributed by atoms with Gasteiger partial charge in [-0.2, -0.15) is 0 Å². The Morgan fingerprint density at radius 3 is 2.62 bits per heavy atom. The van der Waals surface area contributed by atoms with Crippen molar-refractivity contribution in [2.45, 2.75) is 25.7 Å². The quantitative estimate of drug-likeness (QED) is 0.902. The predicted molar refractivity (Wildman–Crippen MR) is 85.7 cm³/mol. The Balaban J connectivity index is 1.97. The first kappa shape index (κ1) is 15.8. The number of amides is 1. The molecule has 1 amide bonds. The van der Waals surface area contributed by atoms with Crippen LogP contribution in [0.2, 0.25) is 0 Å². The molecule has 1 aromatic heterocycles. The number of pyridine rings is 1. The molecular weight excluding hydrogens is 264 g/mol. The van der Waals surface area contributed by atoms with Gasteiger partial charge in [-0.15, -0.1) is 0 Å². The fraction of sp³-hybridized carbons (Fsp3) is 0.625. The highest BCUT2D eigenvalue weighted by atomic mass is 16.2. The minimum atomic E-state index is 0.112. The van der Waals surface area contributed by atoms with Crippen molar-refractivity contribution in [2.75, 3.05) is 45.6 Å². The van der Waals surface area contributed by atoms with Crippen molar-refractivity contribution >= 4 is 11.6 Å². The van der Waals surface area contributed by atoms with E-state index in [1.54, 1.807) is 12.4 Å². The van der Waals surface area contributed by atoms with Gasteiger partial charge in [-0.05, 0) is 33.0 Å². The Morgan fingerprint density at radius 2 is 1.95 bits per heavy atom. The first-order valence-electron chi connectivity index (χ1n) is 7.80. The molecule has 1 saturated heterocycles. The van der Waals surface area contributed by atoms with Crippen molar-refractivity contribution in [1.29, 1.82) is 0 Å². The lowest BCUT2D eigenvalue weighted by molar-refractivity contribution is 0.0761. The zero-order valence-electron chi connectivity index (χ0n) is 13.1. The van der Waals surface area contributed by atoms with Crippen LogP contribution in [0.25, 0.3) is 0 Å². The number of nitrogens with one attached hydrogen (secondary N) is 1. The topological polar surface area (TPSA) is 48.5 Å². The third-order valence-electron chi connectivity index (χ3n) is 3.77. The number of likely N-dealkylation sites (N-methyl/N-ethyl adjacent to an activating group) is 1. The van der Waals surface area contributed by atoms with E-state index >= 15 is 0 Å². The van der Waals surface area contributed by atoms with E-state index in [1.807, 2.05) is 25.1 Å². The van der Waals surface area contributed by atoms with Crippen LogP contribution in [0.5, 0.6) is 0 Å². The Morgan fingerprint density at radius 1 is 1.24 bits per heavy atom. The summed E-state index contributed by atoms with van der Waals surface area (Å²) in [6.07, 6.45) is 8.13. The molecule has 0 aromatic carbocycles. The molecule has 1 fully saturated rings. The van der Waals surface area contributed by atoms with Gasteiger partial charge in [-0.1, -0.05) is 12.8 Å². The lowest BCUT2D eigenvalue weighted by Crippen LogP contribution is -2.32. The van der Waals surface area contributed by atoms with E-state index in [9.17, 15) is 4.79 Å². The highest BCUT2D eigenvalue weighted by Crippen LogP contribution is 2.15. The second-order valence-electron chi connectivity index (χ2n) is 5.90. The van der Waals surface area contributed by atoms with Crippen LogP contribution in [0.15, 0.2) is 18.5 Å². The van der Waals surface area contributed by atoms with Crippen molar-refractivity contribution < 1.29 is 4.79 Å². The number of rotatable bonds is 5. The standard InChI is InChI=1S/C16H26N4O/c1-19(2)10-7-18-15-11-14(12-17-13-15)16(21)20-8-5-3-4-6-9-20/h11-13,18H,3-10H2,1-2H3. The van der Waals surface area contributed by atoms with Gasteiger partial charge in [0.25, 0.3) is 5.91 Å². The summed E-state index contributed by atoms with van der Waals surface area (Å²) in [5.41, 5.74) is 1.60. The average Bonchev–Trinajstić information content (AvgIpc) is 2.75. The van der Waals surface area contributed by atoms with Crippen LogP contribution in [0, 0.1) is 0 Å². The van der Waals surface area contributed by atoms with Gasteiger partial charge in [0.05, 0.1) is 11.3 Å². The van der Waals surface area contributed by atoms with E-state index in [2.05, 4.69) is 15.2 Å². The number of aromatic nitrogens is 1. The van der Waals surface area contributed by atoms with Crippen LogP contribution in [0.4, 0.5) is 5.69 Å². The van der Waals surface area contributed by atoms with Crippen LogP contribution >= 0.6 is 0 Å². The van der Waals surface area contributed by atoms with Gasteiger partial charge in [-0.25, -0.2) is 0 Å². The van der Waals surface area contributed by atoms with Crippen LogP contribution in [0.1, 0.15) is 36.0 Å². The molecule has 0 spiro atoms. The summed E-state index contributed by atoms with van der Waals surface area (Å²) in [7, 11) is 4.08. The summed E-state index contributed by atoms with van der Waals surface area (Å²) in [5, 5.41) is 3.31. The molecule has 0 radical (unpaired) electrons. The average molecular weight is 290 g/mol. The van der Waals surface area contributed by atoms with Gasteiger partial charge in [-0.3, -0.25) is 9.78 Å². The molecule has 116 valence electrons.